The van der Waals surface area contributed by atoms with Crippen molar-refractivity contribution in [3.8, 4) is 0 Å². The SMILES string of the molecule is CC(=O)[C@]1(C)CCC(C)=C[C@H]1C. The molecule has 1 heteroatoms. The highest BCUT2D eigenvalue weighted by Gasteiger charge is 2.36. The van der Waals surface area contributed by atoms with E-state index in [9.17, 15) is 4.79 Å². The quantitative estimate of drug-likeness (QED) is 0.547. The molecule has 0 aromatic heterocycles. The molecule has 0 unspecified atom stereocenters. The number of allylic oxidation sites excluding steroid dienone is 2. The standard InChI is InChI=1S/C11H18O/c1-8-5-6-11(4,10(3)12)9(2)7-8/h7,9H,5-6H2,1-4H3/t9-,11-/m1/s1. The topological polar surface area (TPSA) is 17.1 Å². The van der Waals surface area contributed by atoms with E-state index < -0.39 is 0 Å². The second-order valence-corrected chi connectivity index (χ2v) is 4.28. The van der Waals surface area contributed by atoms with Crippen LogP contribution in [0.3, 0.4) is 0 Å². The van der Waals surface area contributed by atoms with Crippen molar-refractivity contribution in [2.24, 2.45) is 11.3 Å². The Hall–Kier alpha value is -0.590. The van der Waals surface area contributed by atoms with Gasteiger partial charge in [-0.25, -0.2) is 0 Å². The van der Waals surface area contributed by atoms with Gasteiger partial charge >= 0.3 is 0 Å². The van der Waals surface area contributed by atoms with Crippen molar-refractivity contribution in [2.75, 3.05) is 0 Å². The summed E-state index contributed by atoms with van der Waals surface area (Å²) in [5.74, 6) is 0.738. The number of hydrogen-bond donors (Lipinski definition) is 0. The second-order valence-electron chi connectivity index (χ2n) is 4.28. The normalized spacial score (nSPS) is 36.0. The third kappa shape index (κ3) is 1.45. The van der Waals surface area contributed by atoms with Crippen LogP contribution in [0, 0.1) is 11.3 Å². The highest BCUT2D eigenvalue weighted by atomic mass is 16.1. The molecule has 0 fully saturated rings. The zero-order chi connectivity index (χ0) is 9.35. The average molecular weight is 166 g/mol. The van der Waals surface area contributed by atoms with Crippen LogP contribution in [-0.4, -0.2) is 5.78 Å². The maximum absolute atomic E-state index is 11.4. The maximum Gasteiger partial charge on any atom is 0.136 e. The van der Waals surface area contributed by atoms with Gasteiger partial charge in [0, 0.05) is 5.41 Å². The molecule has 0 aromatic carbocycles. The Kier molecular flexibility index (Phi) is 2.41. The van der Waals surface area contributed by atoms with Crippen LogP contribution in [-0.2, 0) is 4.79 Å². The lowest BCUT2D eigenvalue weighted by Crippen LogP contribution is -2.34. The van der Waals surface area contributed by atoms with E-state index in [0.717, 1.165) is 12.8 Å². The number of ketones is 1. The second kappa shape index (κ2) is 3.04. The molecule has 0 spiro atoms. The molecular formula is C11H18O. The van der Waals surface area contributed by atoms with Crippen LogP contribution in [0.25, 0.3) is 0 Å². The first-order valence-corrected chi connectivity index (χ1v) is 4.65. The summed E-state index contributed by atoms with van der Waals surface area (Å²) in [6.07, 6.45) is 4.34. The van der Waals surface area contributed by atoms with E-state index in [4.69, 9.17) is 0 Å². The Morgan fingerprint density at radius 1 is 1.67 bits per heavy atom. The number of carbonyl (C=O) groups is 1. The zero-order valence-electron chi connectivity index (χ0n) is 8.48. The summed E-state index contributed by atoms with van der Waals surface area (Å²) in [5, 5.41) is 0. The molecule has 0 radical (unpaired) electrons. The minimum absolute atomic E-state index is 0.0977. The van der Waals surface area contributed by atoms with E-state index in [1.54, 1.807) is 6.92 Å². The van der Waals surface area contributed by atoms with E-state index in [1.807, 2.05) is 0 Å². The van der Waals surface area contributed by atoms with Crippen molar-refractivity contribution >= 4 is 5.78 Å². The van der Waals surface area contributed by atoms with Gasteiger partial charge in [-0.05, 0) is 32.6 Å². The molecule has 1 aliphatic carbocycles. The molecule has 0 amide bonds. The monoisotopic (exact) mass is 166 g/mol. The van der Waals surface area contributed by atoms with Crippen LogP contribution in [0.4, 0.5) is 0 Å². The molecule has 1 rings (SSSR count). The van der Waals surface area contributed by atoms with Crippen LogP contribution in [0.15, 0.2) is 11.6 Å². The fourth-order valence-electron chi connectivity index (χ4n) is 1.88. The lowest BCUT2D eigenvalue weighted by Gasteiger charge is -2.35. The van der Waals surface area contributed by atoms with E-state index in [0.29, 0.717) is 11.7 Å². The molecule has 0 bridgehead atoms. The van der Waals surface area contributed by atoms with Gasteiger partial charge in [0.1, 0.15) is 5.78 Å². The fraction of sp³-hybridized carbons (Fsp3) is 0.727. The highest BCUT2D eigenvalue weighted by Crippen LogP contribution is 2.39. The van der Waals surface area contributed by atoms with Gasteiger partial charge < -0.3 is 0 Å². The first kappa shape index (κ1) is 9.50. The summed E-state index contributed by atoms with van der Waals surface area (Å²) in [6.45, 7) is 8.09. The molecule has 1 nitrogen and oxygen atoms in total. The Labute approximate surface area is 74.9 Å². The zero-order valence-corrected chi connectivity index (χ0v) is 8.48. The predicted molar refractivity (Wildman–Crippen MR) is 50.9 cm³/mol. The summed E-state index contributed by atoms with van der Waals surface area (Å²) in [4.78, 5) is 11.4. The maximum atomic E-state index is 11.4. The molecule has 2 atom stereocenters. The van der Waals surface area contributed by atoms with E-state index in [2.05, 4.69) is 26.8 Å². The number of rotatable bonds is 1. The Bertz CT molecular complexity index is 227. The van der Waals surface area contributed by atoms with Crippen LogP contribution >= 0.6 is 0 Å². The minimum atomic E-state index is -0.0977. The van der Waals surface area contributed by atoms with Gasteiger partial charge in [-0.3, -0.25) is 4.79 Å². The third-order valence-electron chi connectivity index (χ3n) is 3.38. The summed E-state index contributed by atoms with van der Waals surface area (Å²) in [6, 6.07) is 0. The van der Waals surface area contributed by atoms with Gasteiger partial charge in [0.05, 0.1) is 0 Å². The summed E-state index contributed by atoms with van der Waals surface area (Å²) < 4.78 is 0. The van der Waals surface area contributed by atoms with E-state index in [-0.39, 0.29) is 5.41 Å². The fourth-order valence-corrected chi connectivity index (χ4v) is 1.88. The van der Waals surface area contributed by atoms with Gasteiger partial charge in [-0.15, -0.1) is 0 Å². The third-order valence-corrected chi connectivity index (χ3v) is 3.38. The van der Waals surface area contributed by atoms with Gasteiger partial charge in [0.15, 0.2) is 0 Å². The first-order chi connectivity index (χ1) is 5.47. The first-order valence-electron chi connectivity index (χ1n) is 4.65. The highest BCUT2D eigenvalue weighted by molar-refractivity contribution is 5.82. The van der Waals surface area contributed by atoms with E-state index in [1.165, 1.54) is 5.57 Å². The average Bonchev–Trinajstić information content (AvgIpc) is 1.97. The van der Waals surface area contributed by atoms with Gasteiger partial charge in [-0.1, -0.05) is 25.5 Å². The molecule has 12 heavy (non-hydrogen) atoms. The van der Waals surface area contributed by atoms with Crippen molar-refractivity contribution in [1.29, 1.82) is 0 Å². The predicted octanol–water partition coefficient (Wildman–Crippen LogP) is 2.96. The largest absolute Gasteiger partial charge is 0.299 e. The van der Waals surface area contributed by atoms with Gasteiger partial charge in [-0.2, -0.15) is 0 Å². The molecule has 0 aromatic rings. The van der Waals surface area contributed by atoms with Crippen molar-refractivity contribution < 1.29 is 4.79 Å². The van der Waals surface area contributed by atoms with Gasteiger partial charge in [0.2, 0.25) is 0 Å². The van der Waals surface area contributed by atoms with Crippen molar-refractivity contribution in [1.82, 2.24) is 0 Å². The van der Waals surface area contributed by atoms with E-state index >= 15 is 0 Å². The molecule has 68 valence electrons. The lowest BCUT2D eigenvalue weighted by molar-refractivity contribution is -0.128. The van der Waals surface area contributed by atoms with Crippen molar-refractivity contribution in [3.05, 3.63) is 11.6 Å². The molecule has 0 N–H and O–H groups in total. The summed E-state index contributed by atoms with van der Waals surface area (Å²) >= 11 is 0. The molecule has 0 heterocycles. The molecular weight excluding hydrogens is 148 g/mol. The van der Waals surface area contributed by atoms with Crippen LogP contribution in [0.5, 0.6) is 0 Å². The summed E-state index contributed by atoms with van der Waals surface area (Å²) in [7, 11) is 0. The summed E-state index contributed by atoms with van der Waals surface area (Å²) in [5.41, 5.74) is 1.33. The number of Topliss-reactive ketones (excluding diaryl/α,β-unsaturated/α-hetero) is 1. The Balaban J connectivity index is 2.90. The lowest BCUT2D eigenvalue weighted by atomic mass is 9.67. The number of carbonyl (C=O) groups excluding carboxylic acids is 1. The van der Waals surface area contributed by atoms with Crippen molar-refractivity contribution in [2.45, 2.75) is 40.5 Å². The minimum Gasteiger partial charge on any atom is -0.299 e. The molecule has 0 saturated heterocycles. The molecule has 0 aliphatic heterocycles. The van der Waals surface area contributed by atoms with Crippen LogP contribution < -0.4 is 0 Å². The Morgan fingerprint density at radius 2 is 2.25 bits per heavy atom. The van der Waals surface area contributed by atoms with Crippen molar-refractivity contribution in [3.63, 3.8) is 0 Å². The van der Waals surface area contributed by atoms with Crippen LogP contribution in [0.1, 0.15) is 40.5 Å². The molecule has 1 aliphatic rings. The van der Waals surface area contributed by atoms with Gasteiger partial charge in [0.25, 0.3) is 0 Å². The smallest absolute Gasteiger partial charge is 0.136 e. The number of hydrogen-bond acceptors (Lipinski definition) is 1. The Morgan fingerprint density at radius 3 is 2.67 bits per heavy atom. The molecule has 0 saturated carbocycles. The van der Waals surface area contributed by atoms with Crippen LogP contribution in [0.2, 0.25) is 0 Å².